The summed E-state index contributed by atoms with van der Waals surface area (Å²) in [5.74, 6) is 1.85. The van der Waals surface area contributed by atoms with Crippen LogP contribution in [0.3, 0.4) is 0 Å². The van der Waals surface area contributed by atoms with Gasteiger partial charge in [0.05, 0.1) is 5.69 Å². The maximum absolute atomic E-state index is 4.88. The van der Waals surface area contributed by atoms with Gasteiger partial charge in [0, 0.05) is 45.0 Å². The summed E-state index contributed by atoms with van der Waals surface area (Å²) in [6, 6.07) is 6.69. The largest absolute Gasteiger partial charge is 0.357 e. The van der Waals surface area contributed by atoms with Crippen molar-refractivity contribution < 1.29 is 0 Å². The van der Waals surface area contributed by atoms with Crippen molar-refractivity contribution in [3.63, 3.8) is 0 Å². The molecule has 2 aliphatic rings. The lowest BCUT2D eigenvalue weighted by Gasteiger charge is -2.33. The number of rotatable bonds is 8. The van der Waals surface area contributed by atoms with E-state index in [2.05, 4.69) is 51.4 Å². The van der Waals surface area contributed by atoms with E-state index in [1.54, 1.807) is 0 Å². The van der Waals surface area contributed by atoms with E-state index in [0.29, 0.717) is 6.04 Å². The third kappa shape index (κ3) is 8.67. The van der Waals surface area contributed by atoms with E-state index in [-0.39, 0.29) is 24.0 Å². The number of nitrogens with one attached hydrogen (secondary N) is 2. The minimum Gasteiger partial charge on any atom is -0.357 e. The van der Waals surface area contributed by atoms with E-state index in [1.807, 2.05) is 12.3 Å². The molecule has 2 aliphatic heterocycles. The number of nitrogens with zero attached hydrogens (tertiary/aromatic N) is 4. The van der Waals surface area contributed by atoms with Gasteiger partial charge in [0.15, 0.2) is 5.96 Å². The highest BCUT2D eigenvalue weighted by Gasteiger charge is 2.21. The molecule has 0 spiro atoms. The lowest BCUT2D eigenvalue weighted by Crippen LogP contribution is -2.48. The molecule has 3 heterocycles. The Kier molecular flexibility index (Phi) is 12.0. The molecule has 7 heteroatoms. The van der Waals surface area contributed by atoms with Crippen molar-refractivity contribution in [3.8, 4) is 0 Å². The van der Waals surface area contributed by atoms with Gasteiger partial charge in [0.1, 0.15) is 0 Å². The highest BCUT2D eigenvalue weighted by molar-refractivity contribution is 14.0. The number of hydrogen-bond donors (Lipinski definition) is 2. The number of piperidine rings is 2. The van der Waals surface area contributed by atoms with Crippen LogP contribution in [0.1, 0.15) is 51.6 Å². The lowest BCUT2D eigenvalue weighted by molar-refractivity contribution is 0.188. The molecular weight excluding hydrogens is 487 g/mol. The standard InChI is InChI=1S/C23H40N6.HI/c1-3-24-23(26-14-8-20-9-15-28(4-2)16-10-20)27-21-11-17-29(18-12-21)19-22-7-5-6-13-25-22;/h5-7,13,20-21H,3-4,8-12,14-19H2,1-2H3,(H2,24,26,27);1H. The van der Waals surface area contributed by atoms with E-state index in [4.69, 9.17) is 4.99 Å². The normalized spacial score (nSPS) is 20.0. The van der Waals surface area contributed by atoms with Crippen molar-refractivity contribution >= 4 is 29.9 Å². The van der Waals surface area contributed by atoms with Crippen LogP contribution in [0.4, 0.5) is 0 Å². The summed E-state index contributed by atoms with van der Waals surface area (Å²) in [5, 5.41) is 7.13. The number of pyridine rings is 1. The molecule has 1 aromatic rings. The summed E-state index contributed by atoms with van der Waals surface area (Å²) in [5.41, 5.74) is 1.17. The summed E-state index contributed by atoms with van der Waals surface area (Å²) in [7, 11) is 0. The second-order valence-electron chi connectivity index (χ2n) is 8.44. The first-order valence-corrected chi connectivity index (χ1v) is 11.7. The zero-order valence-corrected chi connectivity index (χ0v) is 21.2. The molecule has 2 saturated heterocycles. The molecule has 0 saturated carbocycles. The fourth-order valence-electron chi connectivity index (χ4n) is 4.42. The van der Waals surface area contributed by atoms with E-state index in [0.717, 1.165) is 57.4 Å². The number of aromatic nitrogens is 1. The molecule has 0 atom stereocenters. The second kappa shape index (κ2) is 14.2. The topological polar surface area (TPSA) is 55.8 Å². The zero-order chi connectivity index (χ0) is 20.3. The Morgan fingerprint density at radius 1 is 1.07 bits per heavy atom. The average molecular weight is 529 g/mol. The quantitative estimate of drug-likeness (QED) is 0.308. The highest BCUT2D eigenvalue weighted by atomic mass is 127. The molecule has 0 bridgehead atoms. The Bertz CT molecular complexity index is 595. The Balaban J connectivity index is 0.00000320. The predicted molar refractivity (Wildman–Crippen MR) is 137 cm³/mol. The molecule has 30 heavy (non-hydrogen) atoms. The first-order chi connectivity index (χ1) is 14.3. The minimum absolute atomic E-state index is 0. The minimum atomic E-state index is 0. The fraction of sp³-hybridized carbons (Fsp3) is 0.739. The van der Waals surface area contributed by atoms with Crippen molar-refractivity contribution in [2.75, 3.05) is 45.8 Å². The number of likely N-dealkylation sites (tertiary alicyclic amines) is 2. The van der Waals surface area contributed by atoms with Gasteiger partial charge >= 0.3 is 0 Å². The van der Waals surface area contributed by atoms with Gasteiger partial charge in [-0.3, -0.25) is 14.9 Å². The van der Waals surface area contributed by atoms with Gasteiger partial charge in [0.25, 0.3) is 0 Å². The van der Waals surface area contributed by atoms with E-state index in [1.165, 1.54) is 44.6 Å². The molecule has 1 aromatic heterocycles. The Hall–Kier alpha value is -0.930. The maximum atomic E-state index is 4.88. The van der Waals surface area contributed by atoms with Gasteiger partial charge in [-0.1, -0.05) is 13.0 Å². The van der Waals surface area contributed by atoms with Crippen LogP contribution in [-0.2, 0) is 6.54 Å². The van der Waals surface area contributed by atoms with E-state index in [9.17, 15) is 0 Å². The number of hydrogen-bond acceptors (Lipinski definition) is 4. The van der Waals surface area contributed by atoms with Gasteiger partial charge < -0.3 is 15.5 Å². The molecule has 0 amide bonds. The molecule has 2 fully saturated rings. The lowest BCUT2D eigenvalue weighted by atomic mass is 9.94. The van der Waals surface area contributed by atoms with Crippen LogP contribution >= 0.6 is 24.0 Å². The van der Waals surface area contributed by atoms with Gasteiger partial charge in [-0.2, -0.15) is 0 Å². The summed E-state index contributed by atoms with van der Waals surface area (Å²) in [6.07, 6.45) is 8.09. The van der Waals surface area contributed by atoms with Crippen LogP contribution in [-0.4, -0.2) is 72.6 Å². The van der Waals surface area contributed by atoms with Crippen molar-refractivity contribution in [2.24, 2.45) is 10.9 Å². The molecule has 0 aliphatic carbocycles. The average Bonchev–Trinajstić information content (AvgIpc) is 2.76. The summed E-state index contributed by atoms with van der Waals surface area (Å²) in [6.45, 7) is 13.2. The number of aliphatic imine (C=N–C) groups is 1. The van der Waals surface area contributed by atoms with Gasteiger partial charge in [-0.15, -0.1) is 24.0 Å². The van der Waals surface area contributed by atoms with Crippen molar-refractivity contribution in [2.45, 2.75) is 58.5 Å². The summed E-state index contributed by atoms with van der Waals surface area (Å²) in [4.78, 5) is 14.4. The Labute approximate surface area is 200 Å². The molecular formula is C23H41IN6. The van der Waals surface area contributed by atoms with Gasteiger partial charge in [-0.05, 0) is 76.7 Å². The fourth-order valence-corrected chi connectivity index (χ4v) is 4.42. The highest BCUT2D eigenvalue weighted by Crippen LogP contribution is 2.20. The monoisotopic (exact) mass is 528 g/mol. The first kappa shape index (κ1) is 25.3. The molecule has 2 N–H and O–H groups in total. The smallest absolute Gasteiger partial charge is 0.191 e. The van der Waals surface area contributed by atoms with Crippen molar-refractivity contribution in [1.82, 2.24) is 25.4 Å². The number of guanidine groups is 1. The first-order valence-electron chi connectivity index (χ1n) is 11.7. The van der Waals surface area contributed by atoms with Crippen LogP contribution < -0.4 is 10.6 Å². The van der Waals surface area contributed by atoms with E-state index < -0.39 is 0 Å². The molecule has 0 aromatic carbocycles. The SMILES string of the molecule is CCNC(=NCCC1CCN(CC)CC1)NC1CCN(Cc2ccccn2)CC1.I. The van der Waals surface area contributed by atoms with Crippen LogP contribution in [0, 0.1) is 5.92 Å². The third-order valence-corrected chi connectivity index (χ3v) is 6.35. The zero-order valence-electron chi connectivity index (χ0n) is 18.9. The molecule has 0 unspecified atom stereocenters. The Morgan fingerprint density at radius 2 is 1.80 bits per heavy atom. The van der Waals surface area contributed by atoms with Crippen molar-refractivity contribution in [1.29, 1.82) is 0 Å². The van der Waals surface area contributed by atoms with Crippen LogP contribution in [0.25, 0.3) is 0 Å². The Morgan fingerprint density at radius 3 is 2.43 bits per heavy atom. The maximum Gasteiger partial charge on any atom is 0.191 e. The van der Waals surface area contributed by atoms with Crippen LogP contribution in [0.5, 0.6) is 0 Å². The summed E-state index contributed by atoms with van der Waals surface area (Å²) >= 11 is 0. The third-order valence-electron chi connectivity index (χ3n) is 6.35. The molecule has 170 valence electrons. The molecule has 0 radical (unpaired) electrons. The summed E-state index contributed by atoms with van der Waals surface area (Å²) < 4.78 is 0. The van der Waals surface area contributed by atoms with Crippen LogP contribution in [0.2, 0.25) is 0 Å². The number of halogens is 1. The van der Waals surface area contributed by atoms with E-state index >= 15 is 0 Å². The van der Waals surface area contributed by atoms with Gasteiger partial charge in [-0.25, -0.2) is 0 Å². The second-order valence-corrected chi connectivity index (χ2v) is 8.44. The van der Waals surface area contributed by atoms with Crippen LogP contribution in [0.15, 0.2) is 29.4 Å². The van der Waals surface area contributed by atoms with Crippen molar-refractivity contribution in [3.05, 3.63) is 30.1 Å². The predicted octanol–water partition coefficient (Wildman–Crippen LogP) is 3.34. The molecule has 6 nitrogen and oxygen atoms in total. The van der Waals surface area contributed by atoms with Gasteiger partial charge in [0.2, 0.25) is 0 Å². The molecule has 3 rings (SSSR count).